The van der Waals surface area contributed by atoms with E-state index in [-0.39, 0.29) is 0 Å². The van der Waals surface area contributed by atoms with Crippen molar-refractivity contribution in [2.24, 2.45) is 0 Å². The van der Waals surface area contributed by atoms with Crippen LogP contribution in [0.5, 0.6) is 0 Å². The normalized spacial score (nSPS) is 11.9. The molecule has 0 aliphatic carbocycles. The van der Waals surface area contributed by atoms with Crippen LogP contribution in [-0.2, 0) is 22.3 Å². The molecule has 0 amide bonds. The van der Waals surface area contributed by atoms with Crippen molar-refractivity contribution in [2.45, 2.75) is 42.9 Å². The molecular weight excluding hydrogens is 400 g/mol. The van der Waals surface area contributed by atoms with Gasteiger partial charge in [0, 0.05) is 29.6 Å². The van der Waals surface area contributed by atoms with Crippen LogP contribution >= 0.6 is 11.8 Å². The summed E-state index contributed by atoms with van der Waals surface area (Å²) in [6.45, 7) is 8.81. The fraction of sp³-hybridized carbons (Fsp3) is 0.304. The maximum atomic E-state index is 13.2. The highest BCUT2D eigenvalue weighted by molar-refractivity contribution is 7.98. The standard InChI is InChI=1S/C23H28N2O2S2/c1-4-24(5-2)15-20-16-25(29(26,27)23-13-11-19(3)12-14-23)17-21(20)18-28-22-9-7-6-8-10-22/h6-14,16-17H,4-5,15,18H2,1-3H3. The molecule has 3 aromatic rings. The third-order valence-electron chi connectivity index (χ3n) is 5.00. The second-order valence-electron chi connectivity index (χ2n) is 7.02. The monoisotopic (exact) mass is 428 g/mol. The average molecular weight is 429 g/mol. The van der Waals surface area contributed by atoms with Crippen molar-refractivity contribution in [3.8, 4) is 0 Å². The minimum atomic E-state index is -3.60. The maximum absolute atomic E-state index is 13.2. The van der Waals surface area contributed by atoms with Crippen LogP contribution in [0.25, 0.3) is 0 Å². The lowest BCUT2D eigenvalue weighted by Gasteiger charge is -2.18. The van der Waals surface area contributed by atoms with E-state index in [2.05, 4.69) is 30.9 Å². The number of aromatic nitrogens is 1. The quantitative estimate of drug-likeness (QED) is 0.441. The second-order valence-corrected chi connectivity index (χ2v) is 9.91. The molecule has 154 valence electrons. The molecule has 0 aliphatic rings. The molecule has 3 rings (SSSR count). The number of benzene rings is 2. The summed E-state index contributed by atoms with van der Waals surface area (Å²) in [5, 5.41) is 0. The van der Waals surface area contributed by atoms with E-state index < -0.39 is 10.0 Å². The summed E-state index contributed by atoms with van der Waals surface area (Å²) in [6, 6.07) is 17.2. The molecule has 1 aromatic heterocycles. The van der Waals surface area contributed by atoms with Crippen molar-refractivity contribution >= 4 is 21.8 Å². The lowest BCUT2D eigenvalue weighted by molar-refractivity contribution is 0.295. The van der Waals surface area contributed by atoms with E-state index in [9.17, 15) is 8.42 Å². The van der Waals surface area contributed by atoms with Crippen molar-refractivity contribution < 1.29 is 8.42 Å². The number of thioether (sulfide) groups is 1. The Labute approximate surface area is 178 Å². The van der Waals surface area contributed by atoms with Gasteiger partial charge < -0.3 is 0 Å². The van der Waals surface area contributed by atoms with Crippen molar-refractivity contribution in [3.63, 3.8) is 0 Å². The van der Waals surface area contributed by atoms with Crippen molar-refractivity contribution in [1.82, 2.24) is 8.87 Å². The SMILES string of the molecule is CCN(CC)Cc1cn(S(=O)(=O)c2ccc(C)cc2)cc1CSc1ccccc1. The fourth-order valence-electron chi connectivity index (χ4n) is 3.12. The van der Waals surface area contributed by atoms with Gasteiger partial charge in [0.05, 0.1) is 4.90 Å². The van der Waals surface area contributed by atoms with E-state index in [1.807, 2.05) is 37.3 Å². The van der Waals surface area contributed by atoms with Crippen LogP contribution in [0.3, 0.4) is 0 Å². The molecule has 1 heterocycles. The van der Waals surface area contributed by atoms with Gasteiger partial charge in [0.15, 0.2) is 0 Å². The Morgan fingerprint density at radius 1 is 0.897 bits per heavy atom. The molecule has 0 aliphatic heterocycles. The number of aryl methyl sites for hydroxylation is 1. The molecular formula is C23H28N2O2S2. The average Bonchev–Trinajstić information content (AvgIpc) is 3.15. The Morgan fingerprint density at radius 2 is 1.52 bits per heavy atom. The Hall–Kier alpha value is -2.02. The summed E-state index contributed by atoms with van der Waals surface area (Å²) in [7, 11) is -3.60. The van der Waals surface area contributed by atoms with Gasteiger partial charge in [-0.05, 0) is 55.4 Å². The first-order valence-electron chi connectivity index (χ1n) is 9.86. The fourth-order valence-corrected chi connectivity index (χ4v) is 5.31. The highest BCUT2D eigenvalue weighted by atomic mass is 32.2. The maximum Gasteiger partial charge on any atom is 0.267 e. The molecule has 6 heteroatoms. The summed E-state index contributed by atoms with van der Waals surface area (Å²) in [5.41, 5.74) is 3.16. The second kappa shape index (κ2) is 9.65. The van der Waals surface area contributed by atoms with Gasteiger partial charge in [-0.3, -0.25) is 4.90 Å². The number of hydrogen-bond acceptors (Lipinski definition) is 4. The zero-order valence-electron chi connectivity index (χ0n) is 17.2. The molecule has 0 fully saturated rings. The Kier molecular flexibility index (Phi) is 7.22. The largest absolute Gasteiger partial charge is 0.300 e. The van der Waals surface area contributed by atoms with Gasteiger partial charge >= 0.3 is 0 Å². The van der Waals surface area contributed by atoms with Crippen LogP contribution in [0.2, 0.25) is 0 Å². The minimum absolute atomic E-state index is 0.315. The van der Waals surface area contributed by atoms with E-state index >= 15 is 0 Å². The van der Waals surface area contributed by atoms with E-state index in [1.165, 1.54) is 8.87 Å². The smallest absolute Gasteiger partial charge is 0.267 e. The molecule has 2 aromatic carbocycles. The summed E-state index contributed by atoms with van der Waals surface area (Å²) < 4.78 is 27.7. The highest BCUT2D eigenvalue weighted by Crippen LogP contribution is 2.27. The van der Waals surface area contributed by atoms with Gasteiger partial charge in [-0.1, -0.05) is 49.7 Å². The minimum Gasteiger partial charge on any atom is -0.300 e. The van der Waals surface area contributed by atoms with Crippen LogP contribution in [-0.4, -0.2) is 30.4 Å². The molecule has 0 saturated heterocycles. The molecule has 0 spiro atoms. The van der Waals surface area contributed by atoms with Gasteiger partial charge in [0.2, 0.25) is 0 Å². The molecule has 0 saturated carbocycles. The molecule has 29 heavy (non-hydrogen) atoms. The van der Waals surface area contributed by atoms with Gasteiger partial charge in [-0.2, -0.15) is 0 Å². The topological polar surface area (TPSA) is 42.3 Å². The van der Waals surface area contributed by atoms with Crippen LogP contribution in [0, 0.1) is 6.92 Å². The Morgan fingerprint density at radius 3 is 2.14 bits per heavy atom. The predicted octanol–water partition coefficient (Wildman–Crippen LogP) is 5.17. The molecule has 0 N–H and O–H groups in total. The first-order valence-corrected chi connectivity index (χ1v) is 12.3. The van der Waals surface area contributed by atoms with Crippen molar-refractivity contribution in [1.29, 1.82) is 0 Å². The molecule has 0 atom stereocenters. The summed E-state index contributed by atoms with van der Waals surface area (Å²) in [6.07, 6.45) is 3.57. The third-order valence-corrected chi connectivity index (χ3v) is 7.70. The van der Waals surface area contributed by atoms with Gasteiger partial charge in [-0.15, -0.1) is 11.8 Å². The van der Waals surface area contributed by atoms with Crippen LogP contribution in [0.15, 0.2) is 76.8 Å². The third kappa shape index (κ3) is 5.32. The number of hydrogen-bond donors (Lipinski definition) is 0. The zero-order valence-corrected chi connectivity index (χ0v) is 18.8. The zero-order chi connectivity index (χ0) is 20.9. The van der Waals surface area contributed by atoms with Crippen LogP contribution in [0.4, 0.5) is 0 Å². The molecule has 4 nitrogen and oxygen atoms in total. The van der Waals surface area contributed by atoms with E-state index in [4.69, 9.17) is 0 Å². The van der Waals surface area contributed by atoms with Crippen molar-refractivity contribution in [3.05, 3.63) is 83.7 Å². The van der Waals surface area contributed by atoms with E-state index in [0.717, 1.165) is 42.1 Å². The number of rotatable bonds is 9. The Balaban J connectivity index is 1.93. The lowest BCUT2D eigenvalue weighted by atomic mass is 10.2. The highest BCUT2D eigenvalue weighted by Gasteiger charge is 2.20. The molecule has 0 bridgehead atoms. The predicted molar refractivity (Wildman–Crippen MR) is 121 cm³/mol. The van der Waals surface area contributed by atoms with E-state index in [0.29, 0.717) is 4.90 Å². The van der Waals surface area contributed by atoms with Gasteiger partial charge in [-0.25, -0.2) is 12.4 Å². The summed E-state index contributed by atoms with van der Waals surface area (Å²) in [4.78, 5) is 3.79. The Bertz CT molecular complexity index is 1020. The lowest BCUT2D eigenvalue weighted by Crippen LogP contribution is -2.22. The van der Waals surface area contributed by atoms with E-state index in [1.54, 1.807) is 36.3 Å². The van der Waals surface area contributed by atoms with Gasteiger partial charge in [0.25, 0.3) is 10.0 Å². The van der Waals surface area contributed by atoms with Crippen LogP contribution < -0.4 is 0 Å². The van der Waals surface area contributed by atoms with Gasteiger partial charge in [0.1, 0.15) is 0 Å². The number of nitrogens with zero attached hydrogens (tertiary/aromatic N) is 2. The molecule has 0 radical (unpaired) electrons. The van der Waals surface area contributed by atoms with Crippen molar-refractivity contribution in [2.75, 3.05) is 13.1 Å². The van der Waals surface area contributed by atoms with Crippen LogP contribution in [0.1, 0.15) is 30.5 Å². The molecule has 0 unspecified atom stereocenters. The first kappa shape index (κ1) is 21.7. The summed E-state index contributed by atoms with van der Waals surface area (Å²) in [5.74, 6) is 0.733. The first-order chi connectivity index (χ1) is 13.9. The summed E-state index contributed by atoms with van der Waals surface area (Å²) >= 11 is 1.73.